The van der Waals surface area contributed by atoms with Gasteiger partial charge in [0.25, 0.3) is 0 Å². The molecule has 4 heterocycles. The molecule has 2 unspecified atom stereocenters. The summed E-state index contributed by atoms with van der Waals surface area (Å²) in [5.74, 6) is -1.69. The first-order chi connectivity index (χ1) is 27.2. The molecule has 4 aromatic rings. The van der Waals surface area contributed by atoms with Crippen molar-refractivity contribution in [2.75, 3.05) is 31.6 Å². The maximum atomic E-state index is 14.6. The van der Waals surface area contributed by atoms with E-state index in [0.717, 1.165) is 31.0 Å². The van der Waals surface area contributed by atoms with Crippen molar-refractivity contribution >= 4 is 34.3 Å². The average Bonchev–Trinajstić information content (AvgIpc) is 3.93. The van der Waals surface area contributed by atoms with Gasteiger partial charge in [0.2, 0.25) is 17.6 Å². The summed E-state index contributed by atoms with van der Waals surface area (Å²) in [6.07, 6.45) is -6.34. The number of ketones is 1. The van der Waals surface area contributed by atoms with E-state index in [1.165, 1.54) is 22.6 Å². The lowest BCUT2D eigenvalue weighted by atomic mass is 9.96. The number of para-hydroxylation sites is 1. The number of halogens is 4. The number of aliphatic hydroxyl groups excluding tert-OH is 2. The van der Waals surface area contributed by atoms with E-state index in [-0.39, 0.29) is 61.9 Å². The first kappa shape index (κ1) is 40.0. The molecule has 0 radical (unpaired) electrons. The van der Waals surface area contributed by atoms with Crippen LogP contribution < -0.4 is 15.4 Å². The minimum absolute atomic E-state index is 0.0880. The lowest BCUT2D eigenvalue weighted by Gasteiger charge is -2.38. The SMILES string of the molecule is CC(=O)c1nn(CC(=O)N2C[C@H](F)C[C@H]2C(=O)NCC2CCC(c3ccc(OC[C@H]4OC[C@H](Nc5ccnc(C(F)(F)F)n5)[C@@H](O)[C@H]4O)cc3)C2)c2ccccc12. The molecule has 2 aliphatic heterocycles. The van der Waals surface area contributed by atoms with Gasteiger partial charge in [-0.2, -0.15) is 18.3 Å². The van der Waals surface area contributed by atoms with E-state index in [1.54, 1.807) is 36.4 Å². The van der Waals surface area contributed by atoms with Gasteiger partial charge in [0, 0.05) is 31.5 Å². The van der Waals surface area contributed by atoms with Crippen molar-refractivity contribution in [3.63, 3.8) is 0 Å². The van der Waals surface area contributed by atoms with Gasteiger partial charge in [-0.25, -0.2) is 14.4 Å². The molecule has 2 aromatic heterocycles. The van der Waals surface area contributed by atoms with Gasteiger partial charge < -0.3 is 35.2 Å². The number of Topliss-reactive ketones (excluding diaryl/α,β-unsaturated/α-hetero) is 1. The van der Waals surface area contributed by atoms with Crippen LogP contribution in [-0.4, -0.2) is 115 Å². The number of anilines is 1. The summed E-state index contributed by atoms with van der Waals surface area (Å²) in [5.41, 5.74) is 1.93. The van der Waals surface area contributed by atoms with E-state index in [4.69, 9.17) is 9.47 Å². The summed E-state index contributed by atoms with van der Waals surface area (Å²) in [7, 11) is 0. The zero-order valence-electron chi connectivity index (χ0n) is 30.9. The molecule has 2 amide bonds. The van der Waals surface area contributed by atoms with Crippen molar-refractivity contribution < 1.29 is 51.6 Å². The number of fused-ring (bicyclic) bond motifs is 1. The molecule has 1 aliphatic carbocycles. The van der Waals surface area contributed by atoms with Crippen LogP contribution in [0.3, 0.4) is 0 Å². The van der Waals surface area contributed by atoms with Gasteiger partial charge in [0.15, 0.2) is 5.78 Å². The lowest BCUT2D eigenvalue weighted by molar-refractivity contribution is -0.150. The molecule has 2 aromatic carbocycles. The highest BCUT2D eigenvalue weighted by Crippen LogP contribution is 2.38. The number of nitrogens with one attached hydrogen (secondary N) is 2. The number of alkyl halides is 4. The molecule has 304 valence electrons. The minimum Gasteiger partial charge on any atom is -0.491 e. The number of aliphatic hydroxyl groups is 2. The maximum absolute atomic E-state index is 14.6. The highest BCUT2D eigenvalue weighted by atomic mass is 19.4. The molecule has 1 saturated carbocycles. The quantitative estimate of drug-likeness (QED) is 0.121. The van der Waals surface area contributed by atoms with Crippen molar-refractivity contribution in [3.8, 4) is 5.75 Å². The van der Waals surface area contributed by atoms with E-state index in [9.17, 15) is 42.2 Å². The molecule has 7 rings (SSSR count). The number of nitrogens with zero attached hydrogens (tertiary/aromatic N) is 5. The highest BCUT2D eigenvalue weighted by molar-refractivity contribution is 6.05. The van der Waals surface area contributed by atoms with Crippen LogP contribution in [0.1, 0.15) is 60.4 Å². The number of amides is 2. The van der Waals surface area contributed by atoms with Gasteiger partial charge in [-0.1, -0.05) is 30.3 Å². The van der Waals surface area contributed by atoms with Crippen LogP contribution in [-0.2, 0) is 27.0 Å². The number of hydrogen-bond donors (Lipinski definition) is 4. The number of hydrogen-bond acceptors (Lipinski definition) is 11. The van der Waals surface area contributed by atoms with Gasteiger partial charge in [-0.05, 0) is 60.9 Å². The Morgan fingerprint density at radius 3 is 2.54 bits per heavy atom. The molecule has 3 aliphatic rings. The fraction of sp³-hybridized carbons (Fsp3) is 0.487. The molecule has 0 spiro atoms. The molecule has 18 heteroatoms. The van der Waals surface area contributed by atoms with Gasteiger partial charge in [0.1, 0.15) is 60.9 Å². The average molecular weight is 798 g/mol. The number of likely N-dealkylation sites (tertiary alicyclic amines) is 1. The first-order valence-corrected chi connectivity index (χ1v) is 18.8. The molecular weight excluding hydrogens is 754 g/mol. The Balaban J connectivity index is 0.861. The van der Waals surface area contributed by atoms with Crippen LogP contribution in [0.15, 0.2) is 60.8 Å². The van der Waals surface area contributed by atoms with Crippen molar-refractivity contribution in [1.82, 2.24) is 30.0 Å². The largest absolute Gasteiger partial charge is 0.491 e. The number of rotatable bonds is 12. The van der Waals surface area contributed by atoms with Crippen LogP contribution in [0.5, 0.6) is 5.75 Å². The molecule has 4 N–H and O–H groups in total. The van der Waals surface area contributed by atoms with Crippen LogP contribution in [0, 0.1) is 5.92 Å². The number of ether oxygens (including phenoxy) is 2. The van der Waals surface area contributed by atoms with Crippen molar-refractivity contribution in [2.45, 2.75) is 87.8 Å². The normalized spacial score (nSPS) is 26.4. The van der Waals surface area contributed by atoms with Crippen LogP contribution >= 0.6 is 0 Å². The van der Waals surface area contributed by atoms with Gasteiger partial charge in [0.05, 0.1) is 24.7 Å². The van der Waals surface area contributed by atoms with Gasteiger partial charge in [-0.3, -0.25) is 19.1 Å². The Labute approximate surface area is 324 Å². The predicted molar refractivity (Wildman–Crippen MR) is 196 cm³/mol. The van der Waals surface area contributed by atoms with E-state index < -0.39 is 60.4 Å². The first-order valence-electron chi connectivity index (χ1n) is 18.8. The zero-order valence-corrected chi connectivity index (χ0v) is 30.9. The Hall–Kier alpha value is -5.20. The summed E-state index contributed by atoms with van der Waals surface area (Å²) in [5, 5.41) is 31.9. The van der Waals surface area contributed by atoms with Crippen molar-refractivity contribution in [3.05, 3.63) is 77.9 Å². The second-order valence-corrected chi connectivity index (χ2v) is 14.8. The number of carbonyl (C=O) groups excluding carboxylic acids is 3. The van der Waals surface area contributed by atoms with E-state index in [1.807, 2.05) is 12.1 Å². The molecule has 0 bridgehead atoms. The Morgan fingerprint density at radius 2 is 1.79 bits per heavy atom. The zero-order chi connectivity index (χ0) is 40.4. The van der Waals surface area contributed by atoms with Crippen molar-refractivity contribution in [2.24, 2.45) is 5.92 Å². The van der Waals surface area contributed by atoms with Crippen LogP contribution in [0.2, 0.25) is 0 Å². The van der Waals surface area contributed by atoms with Crippen molar-refractivity contribution in [1.29, 1.82) is 0 Å². The number of aromatic nitrogens is 4. The smallest absolute Gasteiger partial charge is 0.451 e. The second-order valence-electron chi connectivity index (χ2n) is 14.8. The molecule has 57 heavy (non-hydrogen) atoms. The predicted octanol–water partition coefficient (Wildman–Crippen LogP) is 3.67. The standard InChI is InChI=1S/C39H43F4N7O7/c1-21(51)34-27-4-2-3-5-29(27)50(48-34)18-33(52)49-17-25(40)15-30(49)37(55)45-16-22-6-7-24(14-22)23-8-10-26(11-9-23)56-20-31-36(54)35(53)28(19-57-31)46-32-12-13-44-38(47-32)39(41,42)43/h2-5,8-13,22,24-25,28,30-31,35-36,53-54H,6-7,14-20H2,1H3,(H,45,55)(H,44,46,47)/t22?,24?,25-,28+,30+,31-,35-,36+/m1/s1. The summed E-state index contributed by atoms with van der Waals surface area (Å²) in [6.45, 7) is 1.14. The van der Waals surface area contributed by atoms with Crippen LogP contribution in [0.25, 0.3) is 10.9 Å². The third kappa shape index (κ3) is 9.02. The van der Waals surface area contributed by atoms with Gasteiger partial charge >= 0.3 is 6.18 Å². The minimum atomic E-state index is -4.74. The Kier molecular flexibility index (Phi) is 11.7. The van der Waals surface area contributed by atoms with Gasteiger partial charge in [-0.15, -0.1) is 0 Å². The third-order valence-corrected chi connectivity index (χ3v) is 10.9. The summed E-state index contributed by atoms with van der Waals surface area (Å²) >= 11 is 0. The molecule has 14 nitrogen and oxygen atoms in total. The summed E-state index contributed by atoms with van der Waals surface area (Å²) in [6, 6.07) is 13.9. The number of carbonyl (C=O) groups is 3. The maximum Gasteiger partial charge on any atom is 0.451 e. The number of benzene rings is 2. The Morgan fingerprint density at radius 1 is 1.02 bits per heavy atom. The topological polar surface area (TPSA) is 181 Å². The highest BCUT2D eigenvalue weighted by Gasteiger charge is 2.42. The Bertz CT molecular complexity index is 2080. The lowest BCUT2D eigenvalue weighted by Crippen LogP contribution is -2.57. The summed E-state index contributed by atoms with van der Waals surface area (Å²) in [4.78, 5) is 46.8. The fourth-order valence-corrected chi connectivity index (χ4v) is 7.90. The van der Waals surface area contributed by atoms with E-state index >= 15 is 0 Å². The molecule has 3 fully saturated rings. The third-order valence-electron chi connectivity index (χ3n) is 10.9. The molecular formula is C39H43F4N7O7. The fourth-order valence-electron chi connectivity index (χ4n) is 7.90. The molecule has 8 atom stereocenters. The molecule has 2 saturated heterocycles. The second kappa shape index (κ2) is 16.7. The van der Waals surface area contributed by atoms with Crippen LogP contribution in [0.4, 0.5) is 23.4 Å². The van der Waals surface area contributed by atoms with E-state index in [2.05, 4.69) is 25.7 Å². The monoisotopic (exact) mass is 797 g/mol. The summed E-state index contributed by atoms with van der Waals surface area (Å²) < 4.78 is 66.5. The van der Waals surface area contributed by atoms with E-state index in [0.29, 0.717) is 23.2 Å².